The summed E-state index contributed by atoms with van der Waals surface area (Å²) in [4.78, 5) is 6.92. The number of halogens is 1. The second-order valence-corrected chi connectivity index (χ2v) is 5.88. The number of nitrogens with one attached hydrogen (secondary N) is 1. The van der Waals surface area contributed by atoms with Gasteiger partial charge in [0.05, 0.1) is 22.9 Å². The van der Waals surface area contributed by atoms with Crippen LogP contribution in [0.5, 0.6) is 0 Å². The Hall–Kier alpha value is -0.840. The molecule has 0 amide bonds. The number of rotatable bonds is 4. The van der Waals surface area contributed by atoms with Gasteiger partial charge in [-0.25, -0.2) is 4.98 Å². The van der Waals surface area contributed by atoms with Crippen LogP contribution in [-0.2, 0) is 11.3 Å². The van der Waals surface area contributed by atoms with E-state index in [1.807, 2.05) is 12.1 Å². The fourth-order valence-electron chi connectivity index (χ4n) is 2.34. The summed E-state index contributed by atoms with van der Waals surface area (Å²) in [5.74, 6) is 0.884. The van der Waals surface area contributed by atoms with Crippen molar-refractivity contribution in [1.82, 2.24) is 9.88 Å². The number of hydrogen-bond acceptors (Lipinski definition) is 4. The quantitative estimate of drug-likeness (QED) is 0.922. The molecule has 19 heavy (non-hydrogen) atoms. The Morgan fingerprint density at radius 3 is 2.95 bits per heavy atom. The zero-order valence-corrected chi connectivity index (χ0v) is 12.6. The van der Waals surface area contributed by atoms with E-state index >= 15 is 0 Å². The fraction of sp³-hybridized carbons (Fsp3) is 0.643. The zero-order valence-electron chi connectivity index (χ0n) is 11.9. The Labute approximate surface area is 120 Å². The van der Waals surface area contributed by atoms with Gasteiger partial charge in [-0.2, -0.15) is 0 Å². The van der Waals surface area contributed by atoms with Gasteiger partial charge in [0.15, 0.2) is 0 Å². The van der Waals surface area contributed by atoms with E-state index < -0.39 is 0 Å². The molecule has 0 atom stereocenters. The first-order chi connectivity index (χ1) is 9.00. The van der Waals surface area contributed by atoms with Crippen LogP contribution in [0.2, 0.25) is 5.02 Å². The van der Waals surface area contributed by atoms with Crippen LogP contribution in [0.1, 0.15) is 26.5 Å². The normalized spacial score (nSPS) is 19.4. The minimum Gasteiger partial charge on any atom is -0.373 e. The molecule has 0 aromatic carbocycles. The first-order valence-corrected chi connectivity index (χ1v) is 7.13. The Morgan fingerprint density at radius 1 is 1.47 bits per heavy atom. The first-order valence-electron chi connectivity index (χ1n) is 6.76. The lowest BCUT2D eigenvalue weighted by atomic mass is 10.1. The third-order valence-corrected chi connectivity index (χ3v) is 3.50. The predicted molar refractivity (Wildman–Crippen MR) is 78.7 cm³/mol. The van der Waals surface area contributed by atoms with Crippen molar-refractivity contribution in [2.45, 2.75) is 32.9 Å². The highest BCUT2D eigenvalue weighted by Gasteiger charge is 2.27. The van der Waals surface area contributed by atoms with Crippen LogP contribution in [0.15, 0.2) is 12.1 Å². The summed E-state index contributed by atoms with van der Waals surface area (Å²) < 4.78 is 5.72. The number of anilines is 1. The standard InChI is InChI=1S/C14H22ClN3O/c1-4-16-13-6-5-11(15)12(17-13)9-18-7-8-19-14(2,3)10-18/h5-6H,4,7-10H2,1-3H3,(H,16,17). The molecule has 1 aliphatic rings. The van der Waals surface area contributed by atoms with E-state index in [-0.39, 0.29) is 5.60 Å². The second-order valence-electron chi connectivity index (χ2n) is 5.47. The van der Waals surface area contributed by atoms with Crippen molar-refractivity contribution in [1.29, 1.82) is 0 Å². The molecule has 2 rings (SSSR count). The van der Waals surface area contributed by atoms with E-state index in [9.17, 15) is 0 Å². The van der Waals surface area contributed by atoms with Gasteiger partial charge in [-0.1, -0.05) is 11.6 Å². The van der Waals surface area contributed by atoms with Crippen LogP contribution in [0.25, 0.3) is 0 Å². The molecule has 106 valence electrons. The zero-order chi connectivity index (χ0) is 13.9. The molecule has 0 bridgehead atoms. The molecule has 1 aliphatic heterocycles. The molecule has 2 heterocycles. The second kappa shape index (κ2) is 6.07. The molecular formula is C14H22ClN3O. The Bertz CT molecular complexity index is 437. The Morgan fingerprint density at radius 2 is 2.26 bits per heavy atom. The maximum absolute atomic E-state index is 6.24. The maximum atomic E-state index is 6.24. The van der Waals surface area contributed by atoms with Crippen LogP contribution >= 0.6 is 11.6 Å². The molecular weight excluding hydrogens is 262 g/mol. The third kappa shape index (κ3) is 4.06. The SMILES string of the molecule is CCNc1ccc(Cl)c(CN2CCOC(C)(C)C2)n1. The Kier molecular flexibility index (Phi) is 4.66. The molecule has 0 radical (unpaired) electrons. The maximum Gasteiger partial charge on any atom is 0.126 e. The average molecular weight is 284 g/mol. The highest BCUT2D eigenvalue weighted by molar-refractivity contribution is 6.31. The molecule has 4 nitrogen and oxygen atoms in total. The molecule has 0 aliphatic carbocycles. The van der Waals surface area contributed by atoms with Crippen LogP contribution in [0.3, 0.4) is 0 Å². The summed E-state index contributed by atoms with van der Waals surface area (Å²) in [6, 6.07) is 3.83. The van der Waals surface area contributed by atoms with Crippen molar-refractivity contribution in [2.24, 2.45) is 0 Å². The number of nitrogens with zero attached hydrogens (tertiary/aromatic N) is 2. The highest BCUT2D eigenvalue weighted by atomic mass is 35.5. The number of aromatic nitrogens is 1. The molecule has 5 heteroatoms. The van der Waals surface area contributed by atoms with Gasteiger partial charge >= 0.3 is 0 Å². The van der Waals surface area contributed by atoms with Crippen molar-refractivity contribution in [3.63, 3.8) is 0 Å². The van der Waals surface area contributed by atoms with Gasteiger partial charge in [0.2, 0.25) is 0 Å². The molecule has 0 spiro atoms. The summed E-state index contributed by atoms with van der Waals surface area (Å²) >= 11 is 6.24. The van der Waals surface area contributed by atoms with E-state index in [0.717, 1.165) is 49.3 Å². The van der Waals surface area contributed by atoms with E-state index in [0.29, 0.717) is 0 Å². The van der Waals surface area contributed by atoms with E-state index in [2.05, 4.69) is 36.0 Å². The average Bonchev–Trinajstić information content (AvgIpc) is 2.32. The molecule has 0 saturated carbocycles. The van der Waals surface area contributed by atoms with E-state index in [1.165, 1.54) is 0 Å². The van der Waals surface area contributed by atoms with Gasteiger partial charge in [0.1, 0.15) is 5.82 Å². The van der Waals surface area contributed by atoms with Gasteiger partial charge in [0.25, 0.3) is 0 Å². The summed E-state index contributed by atoms with van der Waals surface area (Å²) in [7, 11) is 0. The monoisotopic (exact) mass is 283 g/mol. The van der Waals surface area contributed by atoms with Gasteiger partial charge in [-0.3, -0.25) is 4.90 Å². The van der Waals surface area contributed by atoms with Crippen LogP contribution < -0.4 is 5.32 Å². The first kappa shape index (κ1) is 14.6. The lowest BCUT2D eigenvalue weighted by molar-refractivity contribution is -0.0885. The highest BCUT2D eigenvalue weighted by Crippen LogP contribution is 2.22. The van der Waals surface area contributed by atoms with Crippen molar-refractivity contribution >= 4 is 17.4 Å². The smallest absolute Gasteiger partial charge is 0.126 e. The van der Waals surface area contributed by atoms with Gasteiger partial charge in [-0.15, -0.1) is 0 Å². The number of ether oxygens (including phenoxy) is 1. The topological polar surface area (TPSA) is 37.4 Å². The van der Waals surface area contributed by atoms with Crippen molar-refractivity contribution < 1.29 is 4.74 Å². The summed E-state index contributed by atoms with van der Waals surface area (Å²) in [6.45, 7) is 10.5. The van der Waals surface area contributed by atoms with Crippen LogP contribution in [-0.4, -0.2) is 41.7 Å². The van der Waals surface area contributed by atoms with Crippen molar-refractivity contribution in [3.05, 3.63) is 22.8 Å². The third-order valence-electron chi connectivity index (χ3n) is 3.15. The lowest BCUT2D eigenvalue weighted by Crippen LogP contribution is -2.47. The lowest BCUT2D eigenvalue weighted by Gasteiger charge is -2.38. The molecule has 1 saturated heterocycles. The summed E-state index contributed by atoms with van der Waals surface area (Å²) in [6.07, 6.45) is 0. The minimum atomic E-state index is -0.0932. The van der Waals surface area contributed by atoms with E-state index in [4.69, 9.17) is 16.3 Å². The van der Waals surface area contributed by atoms with Crippen LogP contribution in [0.4, 0.5) is 5.82 Å². The fourth-order valence-corrected chi connectivity index (χ4v) is 2.50. The summed E-state index contributed by atoms with van der Waals surface area (Å²) in [5, 5.41) is 3.94. The van der Waals surface area contributed by atoms with E-state index in [1.54, 1.807) is 0 Å². The summed E-state index contributed by atoms with van der Waals surface area (Å²) in [5.41, 5.74) is 0.835. The number of hydrogen-bond donors (Lipinski definition) is 1. The molecule has 1 N–H and O–H groups in total. The van der Waals surface area contributed by atoms with Gasteiger partial charge in [0, 0.05) is 26.2 Å². The van der Waals surface area contributed by atoms with Gasteiger partial charge < -0.3 is 10.1 Å². The minimum absolute atomic E-state index is 0.0932. The molecule has 0 unspecified atom stereocenters. The predicted octanol–water partition coefficient (Wildman–Crippen LogP) is 2.78. The largest absolute Gasteiger partial charge is 0.373 e. The van der Waals surface area contributed by atoms with Crippen molar-refractivity contribution in [3.8, 4) is 0 Å². The molecule has 1 fully saturated rings. The van der Waals surface area contributed by atoms with Crippen molar-refractivity contribution in [2.75, 3.05) is 31.6 Å². The Balaban J connectivity index is 2.07. The van der Waals surface area contributed by atoms with Gasteiger partial charge in [-0.05, 0) is 32.9 Å². The van der Waals surface area contributed by atoms with Crippen LogP contribution in [0, 0.1) is 0 Å². The molecule has 1 aromatic rings. The molecule has 1 aromatic heterocycles. The number of morpholine rings is 1. The number of pyridine rings is 1.